The lowest BCUT2D eigenvalue weighted by Gasteiger charge is -2.36. The quantitative estimate of drug-likeness (QED) is 0.626. The summed E-state index contributed by atoms with van der Waals surface area (Å²) < 4.78 is 50.9. The van der Waals surface area contributed by atoms with Crippen molar-refractivity contribution in [2.24, 2.45) is 0 Å². The first-order chi connectivity index (χ1) is 15.2. The van der Waals surface area contributed by atoms with Gasteiger partial charge in [0.15, 0.2) is 11.5 Å². The van der Waals surface area contributed by atoms with Crippen molar-refractivity contribution in [1.82, 2.24) is 4.90 Å². The van der Waals surface area contributed by atoms with Crippen LogP contribution in [0.1, 0.15) is 17.3 Å². The lowest BCUT2D eigenvalue weighted by atomic mass is 10.1. The smallest absolute Gasteiger partial charge is 0.256 e. The molecule has 32 heavy (non-hydrogen) atoms. The van der Waals surface area contributed by atoms with Gasteiger partial charge in [0.05, 0.1) is 36.9 Å². The first kappa shape index (κ1) is 23.6. The molecule has 0 radical (unpaired) electrons. The summed E-state index contributed by atoms with van der Waals surface area (Å²) in [6.45, 7) is 3.18. The number of piperazine rings is 1. The van der Waals surface area contributed by atoms with Crippen molar-refractivity contribution in [3.63, 3.8) is 0 Å². The molecule has 0 saturated carbocycles. The van der Waals surface area contributed by atoms with Gasteiger partial charge in [-0.25, -0.2) is 12.8 Å². The summed E-state index contributed by atoms with van der Waals surface area (Å²) in [5.74, 6) is -0.103. The third-order valence-electron chi connectivity index (χ3n) is 5.61. The fourth-order valence-electron chi connectivity index (χ4n) is 3.67. The highest BCUT2D eigenvalue weighted by Crippen LogP contribution is 2.36. The minimum absolute atomic E-state index is 0.118. The van der Waals surface area contributed by atoms with Gasteiger partial charge in [0.1, 0.15) is 5.82 Å². The van der Waals surface area contributed by atoms with E-state index in [9.17, 15) is 17.6 Å². The van der Waals surface area contributed by atoms with Crippen molar-refractivity contribution >= 4 is 27.3 Å². The molecular weight excluding hydrogens is 437 g/mol. The van der Waals surface area contributed by atoms with Crippen LogP contribution in [0.15, 0.2) is 36.4 Å². The SMILES string of the molecule is CCS(=O)(=O)N(C)c1cc(OC)c(OC)cc1C(=O)N1CCN(c2ccccc2F)CC1. The average molecular weight is 466 g/mol. The number of amides is 1. The fourth-order valence-corrected chi connectivity index (χ4v) is 4.51. The van der Waals surface area contributed by atoms with Crippen molar-refractivity contribution in [3.05, 3.63) is 47.8 Å². The predicted molar refractivity (Wildman–Crippen MR) is 122 cm³/mol. The summed E-state index contributed by atoms with van der Waals surface area (Å²) in [6, 6.07) is 9.53. The molecule has 0 unspecified atom stereocenters. The second-order valence-corrected chi connectivity index (χ2v) is 9.61. The Morgan fingerprint density at radius 1 is 1.06 bits per heavy atom. The van der Waals surface area contributed by atoms with Crippen LogP contribution in [0.3, 0.4) is 0 Å². The standard InChI is InChI=1S/C22H28FN3O5S/c1-5-32(28,29)24(2)19-15-21(31-4)20(30-3)14-16(19)22(27)26-12-10-25(11-13-26)18-9-7-6-8-17(18)23/h6-9,14-15H,5,10-13H2,1-4H3. The zero-order valence-corrected chi connectivity index (χ0v) is 19.5. The molecule has 0 aliphatic carbocycles. The van der Waals surface area contributed by atoms with E-state index < -0.39 is 10.0 Å². The van der Waals surface area contributed by atoms with Crippen LogP contribution in [-0.4, -0.2) is 72.4 Å². The molecule has 2 aromatic rings. The van der Waals surface area contributed by atoms with Crippen LogP contribution in [-0.2, 0) is 10.0 Å². The molecule has 0 spiro atoms. The predicted octanol–water partition coefficient (Wildman–Crippen LogP) is 2.59. The number of hydrogen-bond donors (Lipinski definition) is 0. The molecule has 1 aliphatic rings. The number of carbonyl (C=O) groups excluding carboxylic acids is 1. The van der Waals surface area contributed by atoms with Gasteiger partial charge in [0.25, 0.3) is 5.91 Å². The molecule has 10 heteroatoms. The summed E-state index contributed by atoms with van der Waals surface area (Å²) in [6.07, 6.45) is 0. The summed E-state index contributed by atoms with van der Waals surface area (Å²) >= 11 is 0. The van der Waals surface area contributed by atoms with E-state index in [4.69, 9.17) is 9.47 Å². The van der Waals surface area contributed by atoms with Gasteiger partial charge < -0.3 is 19.3 Å². The highest BCUT2D eigenvalue weighted by molar-refractivity contribution is 7.92. The Hall–Kier alpha value is -3.01. The second kappa shape index (κ2) is 9.64. The molecule has 1 saturated heterocycles. The van der Waals surface area contributed by atoms with Gasteiger partial charge in [-0.05, 0) is 25.1 Å². The van der Waals surface area contributed by atoms with E-state index in [1.807, 2.05) is 4.90 Å². The fraction of sp³-hybridized carbons (Fsp3) is 0.409. The number of hydrogen-bond acceptors (Lipinski definition) is 6. The molecule has 0 bridgehead atoms. The van der Waals surface area contributed by atoms with Crippen LogP contribution in [0.5, 0.6) is 11.5 Å². The van der Waals surface area contributed by atoms with Gasteiger partial charge >= 0.3 is 0 Å². The van der Waals surface area contributed by atoms with Crippen LogP contribution >= 0.6 is 0 Å². The largest absolute Gasteiger partial charge is 0.493 e. The number of methoxy groups -OCH3 is 2. The first-order valence-electron chi connectivity index (χ1n) is 10.2. The number of anilines is 2. The van der Waals surface area contributed by atoms with Gasteiger partial charge in [-0.1, -0.05) is 12.1 Å². The molecule has 0 N–H and O–H groups in total. The van der Waals surface area contributed by atoms with Gasteiger partial charge in [-0.15, -0.1) is 0 Å². The van der Waals surface area contributed by atoms with Crippen molar-refractivity contribution < 1.29 is 27.1 Å². The van der Waals surface area contributed by atoms with E-state index in [0.717, 1.165) is 4.31 Å². The number of rotatable bonds is 7. The molecule has 3 rings (SSSR count). The minimum Gasteiger partial charge on any atom is -0.493 e. The Bertz CT molecular complexity index is 1080. The molecule has 174 valence electrons. The van der Waals surface area contributed by atoms with E-state index >= 15 is 0 Å². The van der Waals surface area contributed by atoms with E-state index in [1.165, 1.54) is 46.4 Å². The molecule has 1 fully saturated rings. The molecule has 8 nitrogen and oxygen atoms in total. The summed E-state index contributed by atoms with van der Waals surface area (Å²) in [7, 11) is 0.688. The van der Waals surface area contributed by atoms with Gasteiger partial charge in [-0.3, -0.25) is 9.10 Å². The van der Waals surface area contributed by atoms with E-state index in [2.05, 4.69) is 0 Å². The number of nitrogens with zero attached hydrogens (tertiary/aromatic N) is 3. The van der Waals surface area contributed by atoms with Crippen molar-refractivity contribution in [3.8, 4) is 11.5 Å². The van der Waals surface area contributed by atoms with Crippen LogP contribution < -0.4 is 18.7 Å². The van der Waals surface area contributed by atoms with Gasteiger partial charge in [0, 0.05) is 39.3 Å². The Kier molecular flexibility index (Phi) is 7.12. The topological polar surface area (TPSA) is 79.4 Å². The first-order valence-corrected chi connectivity index (χ1v) is 11.9. The third-order valence-corrected chi connectivity index (χ3v) is 7.37. The van der Waals surface area contributed by atoms with Gasteiger partial charge in [-0.2, -0.15) is 0 Å². The zero-order valence-electron chi connectivity index (χ0n) is 18.7. The maximum Gasteiger partial charge on any atom is 0.256 e. The number of carbonyl (C=O) groups is 1. The van der Waals surface area contributed by atoms with Crippen LogP contribution in [0, 0.1) is 5.82 Å². The van der Waals surface area contributed by atoms with Crippen molar-refractivity contribution in [2.45, 2.75) is 6.92 Å². The number of halogens is 1. The van der Waals surface area contributed by atoms with Gasteiger partial charge in [0.2, 0.25) is 10.0 Å². The molecule has 2 aromatic carbocycles. The van der Waals surface area contributed by atoms with Crippen LogP contribution in [0.2, 0.25) is 0 Å². The monoisotopic (exact) mass is 465 g/mol. The maximum absolute atomic E-state index is 14.1. The summed E-state index contributed by atoms with van der Waals surface area (Å²) in [5, 5.41) is 0. The number of benzene rings is 2. The van der Waals surface area contributed by atoms with Crippen molar-refractivity contribution in [2.75, 3.05) is 62.4 Å². The lowest BCUT2D eigenvalue weighted by Crippen LogP contribution is -2.49. The normalized spacial score (nSPS) is 14.3. The Balaban J connectivity index is 1.91. The molecule has 1 amide bonds. The molecule has 0 aromatic heterocycles. The number of para-hydroxylation sites is 1. The lowest BCUT2D eigenvalue weighted by molar-refractivity contribution is 0.0747. The Labute approximate surface area is 188 Å². The molecule has 1 aliphatic heterocycles. The molecular formula is C22H28FN3O5S. The third kappa shape index (κ3) is 4.59. The molecule has 1 heterocycles. The Morgan fingerprint density at radius 2 is 1.66 bits per heavy atom. The van der Waals surface area contributed by atoms with Crippen LogP contribution in [0.25, 0.3) is 0 Å². The second-order valence-electron chi connectivity index (χ2n) is 7.32. The Morgan fingerprint density at radius 3 is 2.22 bits per heavy atom. The summed E-state index contributed by atoms with van der Waals surface area (Å²) in [5.41, 5.74) is 0.910. The summed E-state index contributed by atoms with van der Waals surface area (Å²) in [4.78, 5) is 17.0. The maximum atomic E-state index is 14.1. The number of sulfonamides is 1. The van der Waals surface area contributed by atoms with Crippen molar-refractivity contribution in [1.29, 1.82) is 0 Å². The zero-order chi connectivity index (χ0) is 23.5. The highest BCUT2D eigenvalue weighted by atomic mass is 32.2. The highest BCUT2D eigenvalue weighted by Gasteiger charge is 2.29. The average Bonchev–Trinajstić information content (AvgIpc) is 2.82. The van der Waals surface area contributed by atoms with E-state index in [0.29, 0.717) is 43.4 Å². The van der Waals surface area contributed by atoms with E-state index in [-0.39, 0.29) is 28.7 Å². The molecule has 0 atom stereocenters. The number of ether oxygens (including phenoxy) is 2. The minimum atomic E-state index is -3.62. The van der Waals surface area contributed by atoms with E-state index in [1.54, 1.807) is 23.1 Å². The van der Waals surface area contributed by atoms with Crippen LogP contribution in [0.4, 0.5) is 15.8 Å².